The van der Waals surface area contributed by atoms with Crippen LogP contribution < -0.4 is 5.32 Å². The molecule has 0 saturated heterocycles. The first-order valence-corrected chi connectivity index (χ1v) is 9.41. The number of halogens is 1. The van der Waals surface area contributed by atoms with E-state index in [1.165, 1.54) is 6.20 Å². The van der Waals surface area contributed by atoms with Crippen molar-refractivity contribution < 1.29 is 22.4 Å². The second kappa shape index (κ2) is 7.09. The van der Waals surface area contributed by atoms with Gasteiger partial charge in [-0.05, 0) is 30.3 Å². The maximum Gasteiger partial charge on any atom is 0.292 e. The van der Waals surface area contributed by atoms with Crippen LogP contribution in [0.4, 0.5) is 4.39 Å². The number of hydrogen-bond donors (Lipinski definition) is 2. The number of H-pyrrole nitrogens is 1. The number of rotatable bonds is 6. The first-order valence-electron chi connectivity index (χ1n) is 7.75. The second-order valence-corrected chi connectivity index (χ2v) is 7.71. The van der Waals surface area contributed by atoms with Gasteiger partial charge in [-0.3, -0.25) is 9.59 Å². The van der Waals surface area contributed by atoms with Crippen LogP contribution in [0.3, 0.4) is 0 Å². The van der Waals surface area contributed by atoms with Crippen molar-refractivity contribution in [1.29, 1.82) is 0 Å². The number of ketones is 1. The average Bonchev–Trinajstić information content (AvgIpc) is 3.05. The molecule has 1 aromatic heterocycles. The summed E-state index contributed by atoms with van der Waals surface area (Å²) in [6.45, 7) is -0.230. The molecule has 2 N–H and O–H groups in total. The van der Waals surface area contributed by atoms with E-state index in [-0.39, 0.29) is 17.0 Å². The molecule has 0 bridgehead atoms. The number of benzene rings is 2. The molecule has 1 amide bonds. The van der Waals surface area contributed by atoms with Gasteiger partial charge in [0.1, 0.15) is 5.82 Å². The number of sulfone groups is 1. The smallest absolute Gasteiger partial charge is 0.292 e. The molecule has 0 aliphatic carbocycles. The number of Topliss-reactive ketones (excluding diaryl/α,β-unsaturated/α-hetero) is 1. The predicted molar refractivity (Wildman–Crippen MR) is 94.1 cm³/mol. The molecule has 0 fully saturated rings. The van der Waals surface area contributed by atoms with Crippen LogP contribution in [0.5, 0.6) is 0 Å². The SMILES string of the molecule is O=C(NCCS(=O)(=O)c1ccc(F)cc1)C(=O)c1c[nH]c2ccccc12. The summed E-state index contributed by atoms with van der Waals surface area (Å²) in [7, 11) is -3.69. The van der Waals surface area contributed by atoms with Crippen LogP contribution in [-0.4, -0.2) is 37.4 Å². The minimum atomic E-state index is -3.69. The number of aromatic nitrogens is 1. The molecule has 0 aliphatic heterocycles. The summed E-state index contributed by atoms with van der Waals surface area (Å²) in [6.07, 6.45) is 1.45. The molecule has 26 heavy (non-hydrogen) atoms. The lowest BCUT2D eigenvalue weighted by Crippen LogP contribution is -2.34. The van der Waals surface area contributed by atoms with Crippen LogP contribution >= 0.6 is 0 Å². The summed E-state index contributed by atoms with van der Waals surface area (Å²) in [5.41, 5.74) is 0.946. The van der Waals surface area contributed by atoms with Gasteiger partial charge >= 0.3 is 0 Å². The molecule has 6 nitrogen and oxygen atoms in total. The molecular weight excluding hydrogens is 359 g/mol. The molecule has 134 valence electrons. The van der Waals surface area contributed by atoms with E-state index in [1.54, 1.807) is 24.3 Å². The molecular formula is C18H15FN2O4S. The number of nitrogens with one attached hydrogen (secondary N) is 2. The van der Waals surface area contributed by atoms with Gasteiger partial charge in [0.25, 0.3) is 11.7 Å². The van der Waals surface area contributed by atoms with Crippen LogP contribution in [0.2, 0.25) is 0 Å². The van der Waals surface area contributed by atoms with E-state index in [4.69, 9.17) is 0 Å². The van der Waals surface area contributed by atoms with Crippen molar-refractivity contribution in [2.75, 3.05) is 12.3 Å². The Morgan fingerprint density at radius 1 is 1.04 bits per heavy atom. The van der Waals surface area contributed by atoms with Crippen molar-refractivity contribution >= 4 is 32.4 Å². The van der Waals surface area contributed by atoms with Crippen LogP contribution in [0.1, 0.15) is 10.4 Å². The highest BCUT2D eigenvalue weighted by Gasteiger charge is 2.21. The Morgan fingerprint density at radius 2 is 1.73 bits per heavy atom. The molecule has 0 spiro atoms. The number of amides is 1. The number of aromatic amines is 1. The van der Waals surface area contributed by atoms with Gasteiger partial charge in [-0.25, -0.2) is 12.8 Å². The number of carbonyl (C=O) groups is 2. The van der Waals surface area contributed by atoms with Gasteiger partial charge in [-0.1, -0.05) is 18.2 Å². The first kappa shape index (κ1) is 17.8. The summed E-state index contributed by atoms with van der Waals surface area (Å²) in [5.74, 6) is -2.57. The number of para-hydroxylation sites is 1. The second-order valence-electron chi connectivity index (χ2n) is 5.61. The zero-order valence-electron chi connectivity index (χ0n) is 13.5. The molecule has 3 rings (SSSR count). The van der Waals surface area contributed by atoms with Gasteiger partial charge < -0.3 is 10.3 Å². The van der Waals surface area contributed by atoms with Crippen LogP contribution in [0, 0.1) is 5.82 Å². The highest BCUT2D eigenvalue weighted by molar-refractivity contribution is 7.91. The average molecular weight is 374 g/mol. The minimum Gasteiger partial charge on any atom is -0.360 e. The van der Waals surface area contributed by atoms with Gasteiger partial charge in [0.2, 0.25) is 0 Å². The largest absolute Gasteiger partial charge is 0.360 e. The monoisotopic (exact) mass is 374 g/mol. The summed E-state index contributed by atoms with van der Waals surface area (Å²) in [4.78, 5) is 27.2. The Labute approximate surface area is 149 Å². The molecule has 0 saturated carbocycles. The molecule has 2 aromatic carbocycles. The van der Waals surface area contributed by atoms with E-state index >= 15 is 0 Å². The fourth-order valence-corrected chi connectivity index (χ4v) is 3.68. The summed E-state index contributed by atoms with van der Waals surface area (Å²) >= 11 is 0. The Bertz CT molecular complexity index is 1070. The molecule has 0 unspecified atom stereocenters. The highest BCUT2D eigenvalue weighted by Crippen LogP contribution is 2.18. The molecule has 0 atom stereocenters. The van der Waals surface area contributed by atoms with E-state index in [0.717, 1.165) is 29.8 Å². The zero-order valence-corrected chi connectivity index (χ0v) is 14.3. The van der Waals surface area contributed by atoms with Crippen LogP contribution in [-0.2, 0) is 14.6 Å². The summed E-state index contributed by atoms with van der Waals surface area (Å²) in [6, 6.07) is 11.4. The number of carbonyl (C=O) groups excluding carboxylic acids is 2. The standard InChI is InChI=1S/C18H15FN2O4S/c19-12-5-7-13(8-6-12)26(24,25)10-9-20-18(23)17(22)15-11-21-16-4-2-1-3-14(15)16/h1-8,11,21H,9-10H2,(H,20,23). The van der Waals surface area contributed by atoms with Crippen molar-refractivity contribution in [3.05, 3.63) is 66.1 Å². The fourth-order valence-electron chi connectivity index (χ4n) is 2.52. The number of fused-ring (bicyclic) bond motifs is 1. The Hall–Kier alpha value is -3.00. The first-order chi connectivity index (χ1) is 12.4. The third kappa shape index (κ3) is 3.65. The van der Waals surface area contributed by atoms with Crippen molar-refractivity contribution in [2.24, 2.45) is 0 Å². The normalized spacial score (nSPS) is 11.4. The van der Waals surface area contributed by atoms with Crippen molar-refractivity contribution in [1.82, 2.24) is 10.3 Å². The lowest BCUT2D eigenvalue weighted by atomic mass is 10.1. The maximum atomic E-state index is 12.9. The molecule has 0 aliphatic rings. The van der Waals surface area contributed by atoms with Gasteiger partial charge in [0.15, 0.2) is 9.84 Å². The number of hydrogen-bond acceptors (Lipinski definition) is 4. The van der Waals surface area contributed by atoms with E-state index in [0.29, 0.717) is 5.39 Å². The van der Waals surface area contributed by atoms with E-state index in [1.807, 2.05) is 0 Å². The third-order valence-corrected chi connectivity index (χ3v) is 5.60. The lowest BCUT2D eigenvalue weighted by molar-refractivity contribution is -0.116. The van der Waals surface area contributed by atoms with E-state index in [9.17, 15) is 22.4 Å². The van der Waals surface area contributed by atoms with Crippen molar-refractivity contribution in [2.45, 2.75) is 4.90 Å². The van der Waals surface area contributed by atoms with Gasteiger partial charge in [-0.2, -0.15) is 0 Å². The third-order valence-electron chi connectivity index (χ3n) is 3.87. The Kier molecular flexibility index (Phi) is 4.85. The lowest BCUT2D eigenvalue weighted by Gasteiger charge is -2.06. The minimum absolute atomic E-state index is 0.0453. The Balaban J connectivity index is 1.63. The zero-order chi connectivity index (χ0) is 18.7. The van der Waals surface area contributed by atoms with Crippen molar-refractivity contribution in [3.8, 4) is 0 Å². The molecule has 8 heteroatoms. The predicted octanol–water partition coefficient (Wildman–Crippen LogP) is 2.08. The molecule has 0 radical (unpaired) electrons. The van der Waals surface area contributed by atoms with Gasteiger partial charge in [0, 0.05) is 23.6 Å². The van der Waals surface area contributed by atoms with Crippen LogP contribution in [0.25, 0.3) is 10.9 Å². The molecule has 1 heterocycles. The fraction of sp³-hybridized carbons (Fsp3) is 0.111. The highest BCUT2D eigenvalue weighted by atomic mass is 32.2. The molecule has 3 aromatic rings. The Morgan fingerprint density at radius 3 is 2.46 bits per heavy atom. The summed E-state index contributed by atoms with van der Waals surface area (Å²) in [5, 5.41) is 2.93. The van der Waals surface area contributed by atoms with Crippen LogP contribution in [0.15, 0.2) is 59.6 Å². The van der Waals surface area contributed by atoms with E-state index < -0.39 is 33.1 Å². The topological polar surface area (TPSA) is 96.1 Å². The maximum absolute atomic E-state index is 12.9. The van der Waals surface area contributed by atoms with Crippen molar-refractivity contribution in [3.63, 3.8) is 0 Å². The summed E-state index contributed by atoms with van der Waals surface area (Å²) < 4.78 is 37.1. The van der Waals surface area contributed by atoms with Gasteiger partial charge in [0.05, 0.1) is 16.2 Å². The van der Waals surface area contributed by atoms with E-state index in [2.05, 4.69) is 10.3 Å². The van der Waals surface area contributed by atoms with Gasteiger partial charge in [-0.15, -0.1) is 0 Å². The quantitative estimate of drug-likeness (QED) is 0.392.